The number of anilines is 1. The highest BCUT2D eigenvalue weighted by atomic mass is 16.6. The molecule has 0 radical (unpaired) electrons. The zero-order valence-electron chi connectivity index (χ0n) is 15.8. The molecule has 1 amide bonds. The summed E-state index contributed by atoms with van der Waals surface area (Å²) in [6, 6.07) is 12.0. The fraction of sp³-hybridized carbons (Fsp3) is 0.381. The molecule has 3 rings (SSSR count). The van der Waals surface area contributed by atoms with E-state index in [1.165, 1.54) is 5.56 Å². The van der Waals surface area contributed by atoms with E-state index in [0.717, 1.165) is 47.6 Å². The minimum Gasteiger partial charge on any atom is -0.497 e. The third kappa shape index (κ3) is 4.17. The van der Waals surface area contributed by atoms with E-state index in [2.05, 4.69) is 16.7 Å². The molecule has 2 aromatic rings. The summed E-state index contributed by atoms with van der Waals surface area (Å²) in [7, 11) is 1.67. The molecule has 2 aromatic carbocycles. The number of amides is 1. The number of carbonyl (C=O) groups is 1. The molecule has 1 aliphatic rings. The van der Waals surface area contributed by atoms with Gasteiger partial charge in [-0.3, -0.25) is 5.32 Å². The van der Waals surface area contributed by atoms with E-state index in [4.69, 9.17) is 9.47 Å². The van der Waals surface area contributed by atoms with Crippen LogP contribution in [0.1, 0.15) is 31.9 Å². The number of carbonyl (C=O) groups excluding carboxylic acids is 1. The SMILES string of the molecule is COc1cccc(-c2ccc(NC(=O)OC(C)(C)C)c3c2CNCC3)c1. The van der Waals surface area contributed by atoms with Gasteiger partial charge in [-0.05, 0) is 74.2 Å². The highest BCUT2D eigenvalue weighted by Gasteiger charge is 2.21. The van der Waals surface area contributed by atoms with Crippen LogP contribution in [0.3, 0.4) is 0 Å². The van der Waals surface area contributed by atoms with Crippen LogP contribution >= 0.6 is 0 Å². The second-order valence-electron chi connectivity index (χ2n) is 7.40. The minimum atomic E-state index is -0.522. The van der Waals surface area contributed by atoms with Crippen LogP contribution < -0.4 is 15.4 Å². The van der Waals surface area contributed by atoms with Gasteiger partial charge in [0.1, 0.15) is 11.4 Å². The van der Waals surface area contributed by atoms with Crippen molar-refractivity contribution in [2.45, 2.75) is 39.3 Å². The molecule has 0 fully saturated rings. The van der Waals surface area contributed by atoms with Crippen molar-refractivity contribution in [3.63, 3.8) is 0 Å². The van der Waals surface area contributed by atoms with Gasteiger partial charge in [0.05, 0.1) is 7.11 Å². The van der Waals surface area contributed by atoms with Crippen molar-refractivity contribution < 1.29 is 14.3 Å². The van der Waals surface area contributed by atoms with Crippen molar-refractivity contribution >= 4 is 11.8 Å². The topological polar surface area (TPSA) is 59.6 Å². The van der Waals surface area contributed by atoms with Crippen LogP contribution in [0.2, 0.25) is 0 Å². The lowest BCUT2D eigenvalue weighted by Gasteiger charge is -2.25. The van der Waals surface area contributed by atoms with Crippen molar-refractivity contribution in [3.05, 3.63) is 47.5 Å². The summed E-state index contributed by atoms with van der Waals surface area (Å²) >= 11 is 0. The summed E-state index contributed by atoms with van der Waals surface area (Å²) < 4.78 is 10.7. The molecule has 0 unspecified atom stereocenters. The molecule has 0 aliphatic carbocycles. The molecule has 0 bridgehead atoms. The van der Waals surface area contributed by atoms with Crippen LogP contribution in [-0.4, -0.2) is 25.3 Å². The van der Waals surface area contributed by atoms with Crippen molar-refractivity contribution in [2.24, 2.45) is 0 Å². The summed E-state index contributed by atoms with van der Waals surface area (Å²) in [5.74, 6) is 0.830. The Labute approximate surface area is 154 Å². The van der Waals surface area contributed by atoms with Crippen molar-refractivity contribution in [1.82, 2.24) is 5.32 Å². The molecule has 5 nitrogen and oxygen atoms in total. The molecule has 0 aromatic heterocycles. The number of hydrogen-bond acceptors (Lipinski definition) is 4. The Hall–Kier alpha value is -2.53. The molecule has 1 aliphatic heterocycles. The molecule has 26 heavy (non-hydrogen) atoms. The predicted octanol–water partition coefficient (Wildman–Crippen LogP) is 4.35. The number of ether oxygens (including phenoxy) is 2. The van der Waals surface area contributed by atoms with Gasteiger partial charge in [-0.15, -0.1) is 0 Å². The Morgan fingerprint density at radius 3 is 2.69 bits per heavy atom. The Morgan fingerprint density at radius 2 is 1.96 bits per heavy atom. The molecule has 0 atom stereocenters. The lowest BCUT2D eigenvalue weighted by atomic mass is 9.90. The van der Waals surface area contributed by atoms with Gasteiger partial charge < -0.3 is 14.8 Å². The average molecular weight is 354 g/mol. The summed E-state index contributed by atoms with van der Waals surface area (Å²) in [5, 5.41) is 6.34. The predicted molar refractivity (Wildman–Crippen MR) is 104 cm³/mol. The monoisotopic (exact) mass is 354 g/mol. The van der Waals surface area contributed by atoms with E-state index in [1.807, 2.05) is 51.1 Å². The van der Waals surface area contributed by atoms with Crippen LogP contribution in [0.15, 0.2) is 36.4 Å². The van der Waals surface area contributed by atoms with Gasteiger partial charge in [0, 0.05) is 12.2 Å². The fourth-order valence-corrected chi connectivity index (χ4v) is 3.20. The van der Waals surface area contributed by atoms with Crippen LogP contribution in [0.5, 0.6) is 5.75 Å². The minimum absolute atomic E-state index is 0.424. The van der Waals surface area contributed by atoms with Gasteiger partial charge in [0.25, 0.3) is 0 Å². The molecule has 2 N–H and O–H groups in total. The second-order valence-corrected chi connectivity index (χ2v) is 7.40. The van der Waals surface area contributed by atoms with Gasteiger partial charge in [-0.25, -0.2) is 4.79 Å². The molecule has 5 heteroatoms. The highest BCUT2D eigenvalue weighted by molar-refractivity contribution is 5.88. The summed E-state index contributed by atoms with van der Waals surface area (Å²) in [6.45, 7) is 7.23. The number of nitrogens with one attached hydrogen (secondary N) is 2. The largest absolute Gasteiger partial charge is 0.497 e. The van der Waals surface area contributed by atoms with E-state index in [1.54, 1.807) is 7.11 Å². The second kappa shape index (κ2) is 7.38. The lowest BCUT2D eigenvalue weighted by Crippen LogP contribution is -2.29. The van der Waals surface area contributed by atoms with Crippen molar-refractivity contribution in [3.8, 4) is 16.9 Å². The molecule has 0 spiro atoms. The number of methoxy groups -OCH3 is 1. The van der Waals surface area contributed by atoms with Gasteiger partial charge in [0.15, 0.2) is 0 Å². The lowest BCUT2D eigenvalue weighted by molar-refractivity contribution is 0.0635. The van der Waals surface area contributed by atoms with E-state index in [0.29, 0.717) is 0 Å². The normalized spacial score (nSPS) is 13.7. The highest BCUT2D eigenvalue weighted by Crippen LogP contribution is 2.34. The number of fused-ring (bicyclic) bond motifs is 1. The van der Waals surface area contributed by atoms with Crippen molar-refractivity contribution in [2.75, 3.05) is 19.0 Å². The van der Waals surface area contributed by atoms with Crippen LogP contribution in [0, 0.1) is 0 Å². The third-order valence-electron chi connectivity index (χ3n) is 4.30. The smallest absolute Gasteiger partial charge is 0.412 e. The molecule has 0 saturated heterocycles. The van der Waals surface area contributed by atoms with E-state index < -0.39 is 11.7 Å². The first kappa shape index (κ1) is 18.3. The molecular formula is C21H26N2O3. The van der Waals surface area contributed by atoms with E-state index in [9.17, 15) is 4.79 Å². The summed E-state index contributed by atoms with van der Waals surface area (Å²) in [6.07, 6.45) is 0.436. The van der Waals surface area contributed by atoms with Crippen LogP contribution in [0.25, 0.3) is 11.1 Å². The zero-order chi connectivity index (χ0) is 18.7. The zero-order valence-corrected chi connectivity index (χ0v) is 15.8. The van der Waals surface area contributed by atoms with E-state index >= 15 is 0 Å². The summed E-state index contributed by atoms with van der Waals surface area (Å²) in [4.78, 5) is 12.2. The summed E-state index contributed by atoms with van der Waals surface area (Å²) in [5.41, 5.74) is 4.93. The van der Waals surface area contributed by atoms with Gasteiger partial charge in [-0.2, -0.15) is 0 Å². The quantitative estimate of drug-likeness (QED) is 0.860. The Bertz CT molecular complexity index is 809. The maximum Gasteiger partial charge on any atom is 0.412 e. The molecule has 1 heterocycles. The third-order valence-corrected chi connectivity index (χ3v) is 4.30. The molecular weight excluding hydrogens is 328 g/mol. The fourth-order valence-electron chi connectivity index (χ4n) is 3.20. The first-order chi connectivity index (χ1) is 12.4. The van der Waals surface area contributed by atoms with Crippen LogP contribution in [0.4, 0.5) is 10.5 Å². The Balaban J connectivity index is 1.96. The maximum absolute atomic E-state index is 12.2. The van der Waals surface area contributed by atoms with Gasteiger partial charge >= 0.3 is 6.09 Å². The first-order valence-electron chi connectivity index (χ1n) is 8.87. The van der Waals surface area contributed by atoms with Gasteiger partial charge in [-0.1, -0.05) is 18.2 Å². The molecule has 138 valence electrons. The number of rotatable bonds is 3. The van der Waals surface area contributed by atoms with Crippen molar-refractivity contribution in [1.29, 1.82) is 0 Å². The Morgan fingerprint density at radius 1 is 1.15 bits per heavy atom. The number of hydrogen-bond donors (Lipinski definition) is 2. The average Bonchev–Trinajstić information content (AvgIpc) is 2.60. The number of benzene rings is 2. The Kier molecular flexibility index (Phi) is 5.18. The molecule has 0 saturated carbocycles. The van der Waals surface area contributed by atoms with E-state index in [-0.39, 0.29) is 0 Å². The van der Waals surface area contributed by atoms with Crippen LogP contribution in [-0.2, 0) is 17.7 Å². The first-order valence-corrected chi connectivity index (χ1v) is 8.87. The maximum atomic E-state index is 12.2. The van der Waals surface area contributed by atoms with Gasteiger partial charge in [0.2, 0.25) is 0 Å². The standard InChI is InChI=1S/C21H26N2O3/c1-21(2,3)26-20(24)23-19-9-8-16(18-13-22-11-10-17(18)19)14-6-5-7-15(12-14)25-4/h5-9,12,22H,10-11,13H2,1-4H3,(H,23,24).